The quantitative estimate of drug-likeness (QED) is 0.838. The Morgan fingerprint density at radius 3 is 2.48 bits per heavy atom. The van der Waals surface area contributed by atoms with Crippen LogP contribution in [-0.2, 0) is 4.79 Å². The zero-order chi connectivity index (χ0) is 15.2. The fourth-order valence-electron chi connectivity index (χ4n) is 2.76. The second-order valence-electron chi connectivity index (χ2n) is 6.07. The fraction of sp³-hybridized carbons (Fsp3) is 0.588. The van der Waals surface area contributed by atoms with E-state index in [4.69, 9.17) is 5.11 Å². The first-order valence-corrected chi connectivity index (χ1v) is 7.83. The lowest BCUT2D eigenvalue weighted by Crippen LogP contribution is -2.38. The van der Waals surface area contributed by atoms with E-state index in [1.807, 2.05) is 0 Å². The molecule has 1 aliphatic heterocycles. The van der Waals surface area contributed by atoms with Crippen LogP contribution in [0, 0.1) is 12.8 Å². The summed E-state index contributed by atoms with van der Waals surface area (Å²) in [6.45, 7) is 8.66. The normalized spacial score (nSPS) is 16.9. The highest BCUT2D eigenvalue weighted by atomic mass is 16.4. The van der Waals surface area contributed by atoms with Crippen molar-refractivity contribution >= 4 is 11.7 Å². The summed E-state index contributed by atoms with van der Waals surface area (Å²) in [5.41, 5.74) is 2.34. The fourth-order valence-corrected chi connectivity index (χ4v) is 2.76. The zero-order valence-corrected chi connectivity index (χ0v) is 13.1. The predicted octanol–water partition coefficient (Wildman–Crippen LogP) is 2.62. The van der Waals surface area contributed by atoms with Gasteiger partial charge < -0.3 is 14.9 Å². The number of anilines is 1. The smallest absolute Gasteiger partial charge is 0.308 e. The molecule has 116 valence electrons. The van der Waals surface area contributed by atoms with Gasteiger partial charge in [-0.2, -0.15) is 0 Å². The van der Waals surface area contributed by atoms with Gasteiger partial charge in [0.05, 0.1) is 5.92 Å². The molecule has 1 unspecified atom stereocenters. The number of rotatable bonds is 7. The molecule has 1 fully saturated rings. The standard InChI is InChI=1S/C17H26N2O2/c1-14-5-7-16(8-6-14)19(13-15(2)17(20)21)12-11-18-9-3-4-10-18/h5-8,15H,3-4,9-13H2,1-2H3,(H,20,21). The number of nitrogens with zero attached hydrogens (tertiary/aromatic N) is 2. The van der Waals surface area contributed by atoms with Crippen LogP contribution in [-0.4, -0.2) is 48.7 Å². The molecule has 4 nitrogen and oxygen atoms in total. The van der Waals surface area contributed by atoms with E-state index >= 15 is 0 Å². The number of hydrogen-bond acceptors (Lipinski definition) is 3. The van der Waals surface area contributed by atoms with Crippen LogP contribution < -0.4 is 4.90 Å². The van der Waals surface area contributed by atoms with E-state index in [0.29, 0.717) is 6.54 Å². The van der Waals surface area contributed by atoms with Crippen molar-refractivity contribution in [2.75, 3.05) is 37.6 Å². The van der Waals surface area contributed by atoms with Crippen molar-refractivity contribution in [2.45, 2.75) is 26.7 Å². The summed E-state index contributed by atoms with van der Waals surface area (Å²) in [5.74, 6) is -1.09. The lowest BCUT2D eigenvalue weighted by Gasteiger charge is -2.29. The van der Waals surface area contributed by atoms with Crippen molar-refractivity contribution in [3.8, 4) is 0 Å². The first kappa shape index (κ1) is 15.8. The number of carboxylic acid groups (broad SMARTS) is 1. The van der Waals surface area contributed by atoms with Gasteiger partial charge in [-0.3, -0.25) is 4.79 Å². The number of likely N-dealkylation sites (tertiary alicyclic amines) is 1. The lowest BCUT2D eigenvalue weighted by molar-refractivity contribution is -0.140. The maximum atomic E-state index is 11.1. The summed E-state index contributed by atoms with van der Waals surface area (Å²) < 4.78 is 0. The van der Waals surface area contributed by atoms with Crippen molar-refractivity contribution in [3.05, 3.63) is 29.8 Å². The molecule has 0 radical (unpaired) electrons. The third-order valence-electron chi connectivity index (χ3n) is 4.20. The van der Waals surface area contributed by atoms with Gasteiger partial charge in [0.1, 0.15) is 0 Å². The number of aryl methyl sites for hydroxylation is 1. The molecule has 1 atom stereocenters. The maximum absolute atomic E-state index is 11.1. The molecular formula is C17H26N2O2. The minimum Gasteiger partial charge on any atom is -0.481 e. The molecule has 1 N–H and O–H groups in total. The number of hydrogen-bond donors (Lipinski definition) is 1. The third kappa shape index (κ3) is 4.74. The second kappa shape index (κ2) is 7.46. The van der Waals surface area contributed by atoms with Crippen LogP contribution in [0.4, 0.5) is 5.69 Å². The molecule has 0 amide bonds. The van der Waals surface area contributed by atoms with E-state index in [2.05, 4.69) is 41.0 Å². The van der Waals surface area contributed by atoms with Gasteiger partial charge in [-0.15, -0.1) is 0 Å². The van der Waals surface area contributed by atoms with E-state index in [1.54, 1.807) is 6.92 Å². The molecule has 0 saturated carbocycles. The average molecular weight is 290 g/mol. The predicted molar refractivity (Wildman–Crippen MR) is 85.9 cm³/mol. The van der Waals surface area contributed by atoms with E-state index in [9.17, 15) is 4.79 Å². The van der Waals surface area contributed by atoms with Gasteiger partial charge in [0.15, 0.2) is 0 Å². The summed E-state index contributed by atoms with van der Waals surface area (Å²) >= 11 is 0. The highest BCUT2D eigenvalue weighted by Gasteiger charge is 2.18. The zero-order valence-electron chi connectivity index (χ0n) is 13.1. The van der Waals surface area contributed by atoms with Gasteiger partial charge in [-0.25, -0.2) is 0 Å². The number of aliphatic carboxylic acids is 1. The Bertz CT molecular complexity index is 452. The largest absolute Gasteiger partial charge is 0.481 e. The van der Waals surface area contributed by atoms with Crippen molar-refractivity contribution in [1.82, 2.24) is 4.90 Å². The number of benzene rings is 1. The van der Waals surface area contributed by atoms with Gasteiger partial charge in [-0.1, -0.05) is 24.6 Å². The Morgan fingerprint density at radius 1 is 1.29 bits per heavy atom. The van der Waals surface area contributed by atoms with E-state index in [0.717, 1.165) is 18.8 Å². The Labute approximate surface area is 127 Å². The molecule has 2 rings (SSSR count). The molecule has 1 aliphatic rings. The van der Waals surface area contributed by atoms with Gasteiger partial charge >= 0.3 is 5.97 Å². The molecule has 1 saturated heterocycles. The van der Waals surface area contributed by atoms with Gasteiger partial charge in [0.25, 0.3) is 0 Å². The summed E-state index contributed by atoms with van der Waals surface area (Å²) in [7, 11) is 0. The highest BCUT2D eigenvalue weighted by molar-refractivity contribution is 5.70. The first-order chi connectivity index (χ1) is 10.1. The topological polar surface area (TPSA) is 43.8 Å². The summed E-state index contributed by atoms with van der Waals surface area (Å²) in [6, 6.07) is 8.36. The molecule has 21 heavy (non-hydrogen) atoms. The lowest BCUT2D eigenvalue weighted by atomic mass is 10.1. The van der Waals surface area contributed by atoms with Crippen LogP contribution in [0.5, 0.6) is 0 Å². The minimum absolute atomic E-state index is 0.357. The second-order valence-corrected chi connectivity index (χ2v) is 6.07. The van der Waals surface area contributed by atoms with Gasteiger partial charge in [-0.05, 0) is 45.0 Å². The highest BCUT2D eigenvalue weighted by Crippen LogP contribution is 2.17. The van der Waals surface area contributed by atoms with Crippen molar-refractivity contribution in [1.29, 1.82) is 0 Å². The van der Waals surface area contributed by atoms with Crippen LogP contribution in [0.15, 0.2) is 24.3 Å². The Hall–Kier alpha value is -1.55. The molecular weight excluding hydrogens is 264 g/mol. The van der Waals surface area contributed by atoms with Crippen molar-refractivity contribution in [3.63, 3.8) is 0 Å². The van der Waals surface area contributed by atoms with Crippen LogP contribution in [0.1, 0.15) is 25.3 Å². The minimum atomic E-state index is -0.728. The number of carbonyl (C=O) groups is 1. The summed E-state index contributed by atoms with van der Waals surface area (Å²) in [6.07, 6.45) is 2.58. The molecule has 0 aliphatic carbocycles. The maximum Gasteiger partial charge on any atom is 0.308 e. The van der Waals surface area contributed by atoms with Crippen LogP contribution in [0.25, 0.3) is 0 Å². The monoisotopic (exact) mass is 290 g/mol. The van der Waals surface area contributed by atoms with Crippen LogP contribution >= 0.6 is 0 Å². The third-order valence-corrected chi connectivity index (χ3v) is 4.20. The average Bonchev–Trinajstić information content (AvgIpc) is 2.97. The summed E-state index contributed by atoms with van der Waals surface area (Å²) in [4.78, 5) is 15.8. The first-order valence-electron chi connectivity index (χ1n) is 7.83. The van der Waals surface area contributed by atoms with Crippen LogP contribution in [0.3, 0.4) is 0 Å². The SMILES string of the molecule is Cc1ccc(N(CCN2CCCC2)CC(C)C(=O)O)cc1. The van der Waals surface area contributed by atoms with E-state index < -0.39 is 5.97 Å². The Balaban J connectivity index is 2.01. The van der Waals surface area contributed by atoms with Crippen molar-refractivity contribution in [2.24, 2.45) is 5.92 Å². The molecule has 0 aromatic heterocycles. The van der Waals surface area contributed by atoms with E-state index in [-0.39, 0.29) is 5.92 Å². The number of carboxylic acids is 1. The van der Waals surface area contributed by atoms with Gasteiger partial charge in [0.2, 0.25) is 0 Å². The van der Waals surface area contributed by atoms with Crippen LogP contribution in [0.2, 0.25) is 0 Å². The molecule has 1 aromatic carbocycles. The van der Waals surface area contributed by atoms with Crippen molar-refractivity contribution < 1.29 is 9.90 Å². The molecule has 4 heteroatoms. The molecule has 0 spiro atoms. The molecule has 1 heterocycles. The van der Waals surface area contributed by atoms with E-state index in [1.165, 1.54) is 31.5 Å². The molecule has 1 aromatic rings. The Kier molecular flexibility index (Phi) is 5.62. The summed E-state index contributed by atoms with van der Waals surface area (Å²) in [5, 5.41) is 9.16. The van der Waals surface area contributed by atoms with Gasteiger partial charge in [0, 0.05) is 25.3 Å². The Morgan fingerprint density at radius 2 is 1.90 bits per heavy atom. The molecule has 0 bridgehead atoms.